The predicted molar refractivity (Wildman–Crippen MR) is 352 cm³/mol. The first-order valence-electron chi connectivity index (χ1n) is 37.3. The molecule has 0 bridgehead atoms. The smallest absolute Gasteiger partial charge is 0.305 e. The van der Waals surface area contributed by atoms with Crippen molar-refractivity contribution in [3.63, 3.8) is 0 Å². The highest BCUT2D eigenvalue weighted by atomic mass is 16.5. The average molecular weight is 1130 g/mol. The van der Waals surface area contributed by atoms with Gasteiger partial charge < -0.3 is 20.3 Å². The van der Waals surface area contributed by atoms with Gasteiger partial charge in [0.2, 0.25) is 5.91 Å². The van der Waals surface area contributed by atoms with E-state index in [9.17, 15) is 19.8 Å². The zero-order valence-electron chi connectivity index (χ0n) is 54.9. The lowest BCUT2D eigenvalue weighted by molar-refractivity contribution is -0.143. The fraction of sp³-hybridized carbons (Fsp3) is 0.973. The molecular formula is C74H147NO5. The molecule has 478 valence electrons. The summed E-state index contributed by atoms with van der Waals surface area (Å²) in [7, 11) is 0. The van der Waals surface area contributed by atoms with Crippen LogP contribution < -0.4 is 5.32 Å². The van der Waals surface area contributed by atoms with Gasteiger partial charge in [-0.15, -0.1) is 0 Å². The summed E-state index contributed by atoms with van der Waals surface area (Å²) in [5.74, 6) is -0.000355. The summed E-state index contributed by atoms with van der Waals surface area (Å²) < 4.78 is 5.52. The number of nitrogens with one attached hydrogen (secondary N) is 1. The number of aliphatic hydroxyl groups excluding tert-OH is 2. The van der Waals surface area contributed by atoms with Crippen LogP contribution in [0.1, 0.15) is 438 Å². The van der Waals surface area contributed by atoms with E-state index in [1.165, 1.54) is 366 Å². The number of esters is 1. The van der Waals surface area contributed by atoms with Crippen molar-refractivity contribution >= 4 is 11.9 Å². The van der Waals surface area contributed by atoms with Crippen LogP contribution in [-0.4, -0.2) is 47.4 Å². The first kappa shape index (κ1) is 78.9. The van der Waals surface area contributed by atoms with Crippen molar-refractivity contribution in [3.8, 4) is 0 Å². The van der Waals surface area contributed by atoms with Gasteiger partial charge in [0.25, 0.3) is 0 Å². The van der Waals surface area contributed by atoms with Crippen molar-refractivity contribution in [2.75, 3.05) is 13.2 Å². The Kier molecular flexibility index (Phi) is 69.3. The molecule has 6 heteroatoms. The predicted octanol–water partition coefficient (Wildman–Crippen LogP) is 24.2. The fourth-order valence-corrected chi connectivity index (χ4v) is 12.2. The number of ether oxygens (including phenoxy) is 1. The van der Waals surface area contributed by atoms with Crippen LogP contribution in [0.4, 0.5) is 0 Å². The van der Waals surface area contributed by atoms with E-state index in [0.717, 1.165) is 38.5 Å². The normalized spacial score (nSPS) is 12.4. The van der Waals surface area contributed by atoms with Gasteiger partial charge in [-0.05, 0) is 25.7 Å². The largest absolute Gasteiger partial charge is 0.466 e. The van der Waals surface area contributed by atoms with Crippen molar-refractivity contribution in [2.45, 2.75) is 450 Å². The first-order chi connectivity index (χ1) is 39.5. The molecular weight excluding hydrogens is 983 g/mol. The maximum absolute atomic E-state index is 12.5. The molecule has 0 aromatic heterocycles. The first-order valence-corrected chi connectivity index (χ1v) is 37.3. The van der Waals surface area contributed by atoms with Gasteiger partial charge in [-0.2, -0.15) is 0 Å². The zero-order chi connectivity index (χ0) is 57.8. The minimum Gasteiger partial charge on any atom is -0.466 e. The number of hydrogen-bond donors (Lipinski definition) is 3. The Labute approximate surface area is 502 Å². The van der Waals surface area contributed by atoms with Gasteiger partial charge in [-0.3, -0.25) is 9.59 Å². The molecule has 6 nitrogen and oxygen atoms in total. The van der Waals surface area contributed by atoms with E-state index in [-0.39, 0.29) is 18.5 Å². The number of rotatable bonds is 71. The Hall–Kier alpha value is -1.14. The van der Waals surface area contributed by atoms with Gasteiger partial charge in [-0.1, -0.05) is 399 Å². The number of hydrogen-bond acceptors (Lipinski definition) is 5. The van der Waals surface area contributed by atoms with Crippen LogP contribution in [-0.2, 0) is 14.3 Å². The molecule has 1 amide bonds. The lowest BCUT2D eigenvalue weighted by Crippen LogP contribution is -2.45. The Balaban J connectivity index is 3.25. The fourth-order valence-electron chi connectivity index (χ4n) is 12.2. The Morgan fingerprint density at radius 2 is 0.512 bits per heavy atom. The Bertz CT molecular complexity index is 1160. The molecule has 0 aliphatic heterocycles. The number of unbranched alkanes of at least 4 members (excludes halogenated alkanes) is 60. The molecule has 0 saturated carbocycles. The standard InChI is InChI=1S/C74H147NO5/c1-3-5-7-9-11-13-15-16-17-18-39-42-45-48-52-56-60-64-68-74(79)80-69-65-61-57-53-49-46-43-40-37-35-33-31-29-27-25-23-21-19-20-22-24-26-28-30-32-34-36-38-41-44-47-51-55-59-63-67-73(78)75-71(70-76)72(77)66-62-58-54-50-14-12-10-8-6-4-2/h71-72,76-77H,3-70H2,1-2H3,(H,75,78). The van der Waals surface area contributed by atoms with Crippen LogP contribution in [0.5, 0.6) is 0 Å². The minimum absolute atomic E-state index is 0.0282. The Morgan fingerprint density at radius 1 is 0.300 bits per heavy atom. The lowest BCUT2D eigenvalue weighted by Gasteiger charge is -2.22. The molecule has 80 heavy (non-hydrogen) atoms. The van der Waals surface area contributed by atoms with Crippen molar-refractivity contribution in [3.05, 3.63) is 0 Å². The topological polar surface area (TPSA) is 95.9 Å². The SMILES string of the molecule is CCCCCCCCCCCCCCCCCCCCC(=O)OCCCCCCCCCCCCCCCCCCCCCCCCCCCCCCCCCCCCCC(=O)NC(CO)C(O)CCCCCCCCCCCC. The Morgan fingerprint density at radius 3 is 0.762 bits per heavy atom. The van der Waals surface area contributed by atoms with E-state index in [0.29, 0.717) is 25.9 Å². The second-order valence-corrected chi connectivity index (χ2v) is 26.0. The highest BCUT2D eigenvalue weighted by Gasteiger charge is 2.20. The highest BCUT2D eigenvalue weighted by Crippen LogP contribution is 2.20. The van der Waals surface area contributed by atoms with Gasteiger partial charge in [0.15, 0.2) is 0 Å². The van der Waals surface area contributed by atoms with E-state index in [1.807, 2.05) is 0 Å². The monoisotopic (exact) mass is 1130 g/mol. The van der Waals surface area contributed by atoms with Gasteiger partial charge in [0, 0.05) is 12.8 Å². The molecule has 0 heterocycles. The summed E-state index contributed by atoms with van der Waals surface area (Å²) >= 11 is 0. The number of aliphatic hydroxyl groups is 2. The molecule has 3 N–H and O–H groups in total. The third-order valence-corrected chi connectivity index (χ3v) is 17.9. The molecule has 0 spiro atoms. The third kappa shape index (κ3) is 66.0. The minimum atomic E-state index is -0.657. The molecule has 0 aliphatic rings. The summed E-state index contributed by atoms with van der Waals surface area (Å²) in [5.41, 5.74) is 0. The zero-order valence-corrected chi connectivity index (χ0v) is 54.9. The van der Waals surface area contributed by atoms with Crippen LogP contribution in [0.2, 0.25) is 0 Å². The molecule has 0 aromatic rings. The molecule has 0 aromatic carbocycles. The van der Waals surface area contributed by atoms with E-state index < -0.39 is 12.1 Å². The summed E-state index contributed by atoms with van der Waals surface area (Å²) in [6.07, 6.45) is 86.3. The van der Waals surface area contributed by atoms with E-state index in [2.05, 4.69) is 19.2 Å². The van der Waals surface area contributed by atoms with Crippen molar-refractivity contribution in [1.82, 2.24) is 5.32 Å². The molecule has 2 unspecified atom stereocenters. The van der Waals surface area contributed by atoms with E-state index in [4.69, 9.17) is 4.74 Å². The third-order valence-electron chi connectivity index (χ3n) is 17.9. The van der Waals surface area contributed by atoms with Gasteiger partial charge in [0.05, 0.1) is 25.4 Å². The van der Waals surface area contributed by atoms with Gasteiger partial charge >= 0.3 is 5.97 Å². The van der Waals surface area contributed by atoms with Crippen molar-refractivity contribution in [1.29, 1.82) is 0 Å². The van der Waals surface area contributed by atoms with Crippen LogP contribution in [0, 0.1) is 0 Å². The van der Waals surface area contributed by atoms with Crippen LogP contribution in [0.25, 0.3) is 0 Å². The van der Waals surface area contributed by atoms with E-state index >= 15 is 0 Å². The average Bonchev–Trinajstić information content (AvgIpc) is 3.46. The maximum Gasteiger partial charge on any atom is 0.305 e. The molecule has 0 rings (SSSR count). The van der Waals surface area contributed by atoms with Crippen LogP contribution in [0.15, 0.2) is 0 Å². The number of carbonyl (C=O) groups is 2. The summed E-state index contributed by atoms with van der Waals surface area (Å²) in [6, 6.07) is -0.534. The number of carbonyl (C=O) groups excluding carboxylic acids is 2. The molecule has 0 aliphatic carbocycles. The summed E-state index contributed by atoms with van der Waals surface area (Å²) in [5, 5.41) is 23.2. The maximum atomic E-state index is 12.5. The van der Waals surface area contributed by atoms with Crippen molar-refractivity contribution < 1.29 is 24.5 Å². The lowest BCUT2D eigenvalue weighted by atomic mass is 10.0. The van der Waals surface area contributed by atoms with Crippen molar-refractivity contribution in [2.24, 2.45) is 0 Å². The number of amides is 1. The van der Waals surface area contributed by atoms with Gasteiger partial charge in [0.1, 0.15) is 0 Å². The quantitative estimate of drug-likeness (QED) is 0.0417. The van der Waals surface area contributed by atoms with Crippen LogP contribution >= 0.6 is 0 Å². The molecule has 0 saturated heterocycles. The summed E-state index contributed by atoms with van der Waals surface area (Å²) in [4.78, 5) is 24.6. The molecule has 2 atom stereocenters. The van der Waals surface area contributed by atoms with E-state index in [1.54, 1.807) is 0 Å². The molecule has 0 fully saturated rings. The molecule has 0 radical (unpaired) electrons. The highest BCUT2D eigenvalue weighted by molar-refractivity contribution is 5.76. The second kappa shape index (κ2) is 70.3. The summed E-state index contributed by atoms with van der Waals surface area (Å²) in [6.45, 7) is 4.99. The van der Waals surface area contributed by atoms with Crippen LogP contribution in [0.3, 0.4) is 0 Å². The van der Waals surface area contributed by atoms with Gasteiger partial charge in [-0.25, -0.2) is 0 Å². The second-order valence-electron chi connectivity index (χ2n) is 26.0.